The molecule has 2 aromatic rings. The van der Waals surface area contributed by atoms with Gasteiger partial charge in [0.2, 0.25) is 15.9 Å². The Kier molecular flexibility index (Phi) is 6.40. The monoisotopic (exact) mass is 470 g/mol. The topological polar surface area (TPSA) is 57.7 Å². The SMILES string of the molecule is Cc1ccsc1CN(C)C(=O)C1CCCN(S(=O)(=O)c2ccc(Br)cc2)C1. The number of carbonyl (C=O) groups is 1. The van der Waals surface area contributed by atoms with Gasteiger partial charge >= 0.3 is 0 Å². The molecule has 0 radical (unpaired) electrons. The van der Waals surface area contributed by atoms with Gasteiger partial charge in [0.25, 0.3) is 0 Å². The summed E-state index contributed by atoms with van der Waals surface area (Å²) in [4.78, 5) is 16.0. The molecular weight excluding hydrogens is 448 g/mol. The molecular formula is C19H23BrN2O3S2. The van der Waals surface area contributed by atoms with Gasteiger partial charge < -0.3 is 4.90 Å². The largest absolute Gasteiger partial charge is 0.340 e. The summed E-state index contributed by atoms with van der Waals surface area (Å²) in [6, 6.07) is 8.67. The third kappa shape index (κ3) is 4.62. The van der Waals surface area contributed by atoms with E-state index in [4.69, 9.17) is 0 Å². The number of hydrogen-bond donors (Lipinski definition) is 0. The molecule has 146 valence electrons. The van der Waals surface area contributed by atoms with E-state index in [1.165, 1.54) is 14.7 Å². The molecule has 1 aromatic heterocycles. The van der Waals surface area contributed by atoms with E-state index in [2.05, 4.69) is 15.9 Å². The minimum Gasteiger partial charge on any atom is -0.340 e. The van der Waals surface area contributed by atoms with Gasteiger partial charge in [-0.3, -0.25) is 4.79 Å². The molecule has 0 aliphatic carbocycles. The predicted molar refractivity (Wildman–Crippen MR) is 111 cm³/mol. The average molecular weight is 471 g/mol. The van der Waals surface area contributed by atoms with E-state index in [0.717, 1.165) is 10.9 Å². The Hall–Kier alpha value is -1.22. The van der Waals surface area contributed by atoms with Crippen LogP contribution in [0.15, 0.2) is 45.1 Å². The normalized spacial score (nSPS) is 18.4. The molecule has 5 nitrogen and oxygen atoms in total. The van der Waals surface area contributed by atoms with Crippen LogP contribution in [-0.2, 0) is 21.4 Å². The summed E-state index contributed by atoms with van der Waals surface area (Å²) < 4.78 is 28.1. The smallest absolute Gasteiger partial charge is 0.243 e. The zero-order valence-corrected chi connectivity index (χ0v) is 18.6. The molecule has 1 unspecified atom stereocenters. The first-order valence-electron chi connectivity index (χ1n) is 8.82. The highest BCUT2D eigenvalue weighted by atomic mass is 79.9. The second-order valence-electron chi connectivity index (χ2n) is 6.88. The molecule has 0 bridgehead atoms. The number of rotatable bonds is 5. The summed E-state index contributed by atoms with van der Waals surface area (Å²) in [5.41, 5.74) is 1.18. The maximum Gasteiger partial charge on any atom is 0.243 e. The molecule has 0 spiro atoms. The molecule has 1 amide bonds. The summed E-state index contributed by atoms with van der Waals surface area (Å²) in [7, 11) is -1.79. The Balaban J connectivity index is 1.70. The third-order valence-electron chi connectivity index (χ3n) is 4.91. The van der Waals surface area contributed by atoms with E-state index in [-0.39, 0.29) is 23.3 Å². The Bertz CT molecular complexity index is 909. The van der Waals surface area contributed by atoms with Gasteiger partial charge in [0.05, 0.1) is 17.4 Å². The van der Waals surface area contributed by atoms with E-state index in [0.29, 0.717) is 19.5 Å². The Morgan fingerprint density at radius 1 is 1.30 bits per heavy atom. The number of sulfonamides is 1. The van der Waals surface area contributed by atoms with Gasteiger partial charge in [-0.05, 0) is 61.0 Å². The summed E-state index contributed by atoms with van der Waals surface area (Å²) in [6.07, 6.45) is 1.41. The summed E-state index contributed by atoms with van der Waals surface area (Å²) in [6.45, 7) is 3.30. The van der Waals surface area contributed by atoms with E-state index in [1.54, 1.807) is 47.5 Å². The van der Waals surface area contributed by atoms with Gasteiger partial charge in [-0.2, -0.15) is 4.31 Å². The quantitative estimate of drug-likeness (QED) is 0.665. The van der Waals surface area contributed by atoms with Gasteiger partial charge in [0.15, 0.2) is 0 Å². The number of halogens is 1. The third-order valence-corrected chi connectivity index (χ3v) is 8.33. The number of piperidine rings is 1. The fourth-order valence-electron chi connectivity index (χ4n) is 3.29. The van der Waals surface area contributed by atoms with E-state index in [9.17, 15) is 13.2 Å². The summed E-state index contributed by atoms with van der Waals surface area (Å²) in [5, 5.41) is 2.02. The van der Waals surface area contributed by atoms with Gasteiger partial charge in [-0.1, -0.05) is 15.9 Å². The van der Waals surface area contributed by atoms with E-state index < -0.39 is 10.0 Å². The number of amides is 1. The van der Waals surface area contributed by atoms with Crippen molar-refractivity contribution in [2.75, 3.05) is 20.1 Å². The highest BCUT2D eigenvalue weighted by molar-refractivity contribution is 9.10. The fourth-order valence-corrected chi connectivity index (χ4v) is 6.04. The second-order valence-corrected chi connectivity index (χ2v) is 10.7. The Morgan fingerprint density at radius 2 is 2.00 bits per heavy atom. The zero-order chi connectivity index (χ0) is 19.6. The highest BCUT2D eigenvalue weighted by Gasteiger charge is 2.34. The number of thiophene rings is 1. The lowest BCUT2D eigenvalue weighted by Crippen LogP contribution is -2.45. The van der Waals surface area contributed by atoms with Crippen LogP contribution < -0.4 is 0 Å². The lowest BCUT2D eigenvalue weighted by atomic mass is 9.98. The van der Waals surface area contributed by atoms with Crippen LogP contribution in [0, 0.1) is 12.8 Å². The minimum absolute atomic E-state index is 0.0125. The van der Waals surface area contributed by atoms with Crippen LogP contribution in [0.25, 0.3) is 0 Å². The van der Waals surface area contributed by atoms with E-state index in [1.807, 2.05) is 18.4 Å². The highest BCUT2D eigenvalue weighted by Crippen LogP contribution is 2.26. The number of carbonyl (C=O) groups excluding carboxylic acids is 1. The Labute approximate surface area is 173 Å². The molecule has 0 N–H and O–H groups in total. The van der Waals surface area contributed by atoms with Crippen LogP contribution >= 0.6 is 27.3 Å². The molecule has 1 saturated heterocycles. The molecule has 0 saturated carbocycles. The maximum absolute atomic E-state index is 12.9. The lowest BCUT2D eigenvalue weighted by Gasteiger charge is -2.33. The fraction of sp³-hybridized carbons (Fsp3) is 0.421. The molecule has 1 aliphatic rings. The standard InChI is InChI=1S/C19H23BrN2O3S2/c1-14-9-11-26-18(14)13-21(2)19(23)15-4-3-10-22(12-15)27(24,25)17-7-5-16(20)6-8-17/h5-9,11,15H,3-4,10,12-13H2,1-2H3. The van der Waals surface area contributed by atoms with Crippen molar-refractivity contribution >= 4 is 43.2 Å². The van der Waals surface area contributed by atoms with E-state index >= 15 is 0 Å². The lowest BCUT2D eigenvalue weighted by molar-refractivity contribution is -0.135. The van der Waals surface area contributed by atoms with Crippen molar-refractivity contribution in [2.24, 2.45) is 5.92 Å². The average Bonchev–Trinajstić information content (AvgIpc) is 3.06. The van der Waals surface area contributed by atoms with Gasteiger partial charge in [-0.15, -0.1) is 11.3 Å². The van der Waals surface area contributed by atoms with Gasteiger partial charge in [0, 0.05) is 29.5 Å². The van der Waals surface area contributed by atoms with Gasteiger partial charge in [-0.25, -0.2) is 8.42 Å². The summed E-state index contributed by atoms with van der Waals surface area (Å²) >= 11 is 4.97. The summed E-state index contributed by atoms with van der Waals surface area (Å²) in [5.74, 6) is -0.284. The maximum atomic E-state index is 12.9. The first-order chi connectivity index (χ1) is 12.8. The molecule has 1 atom stereocenters. The first-order valence-corrected chi connectivity index (χ1v) is 11.9. The first kappa shape index (κ1) is 20.5. The second kappa shape index (κ2) is 8.43. The molecule has 2 heterocycles. The van der Waals surface area contributed by atoms with Crippen molar-refractivity contribution in [2.45, 2.75) is 31.2 Å². The number of hydrogen-bond acceptors (Lipinski definition) is 4. The molecule has 8 heteroatoms. The van der Waals surface area contributed by atoms with Crippen LogP contribution in [0.2, 0.25) is 0 Å². The molecule has 1 aromatic carbocycles. The van der Waals surface area contributed by atoms with Crippen molar-refractivity contribution in [1.29, 1.82) is 0 Å². The number of nitrogens with zero attached hydrogens (tertiary/aromatic N) is 2. The number of benzene rings is 1. The van der Waals surface area contributed by atoms with Crippen molar-refractivity contribution in [1.82, 2.24) is 9.21 Å². The van der Waals surface area contributed by atoms with Crippen LogP contribution in [0.1, 0.15) is 23.3 Å². The van der Waals surface area contributed by atoms with Crippen molar-refractivity contribution in [3.63, 3.8) is 0 Å². The molecule has 1 fully saturated rings. The minimum atomic E-state index is -3.58. The zero-order valence-electron chi connectivity index (χ0n) is 15.4. The Morgan fingerprint density at radius 3 is 2.63 bits per heavy atom. The molecule has 27 heavy (non-hydrogen) atoms. The van der Waals surface area contributed by atoms with Gasteiger partial charge in [0.1, 0.15) is 0 Å². The molecule has 1 aliphatic heterocycles. The van der Waals surface area contributed by atoms with Crippen LogP contribution in [-0.4, -0.2) is 43.7 Å². The predicted octanol–water partition coefficient (Wildman–Crippen LogP) is 3.88. The van der Waals surface area contributed by atoms with Crippen LogP contribution in [0.5, 0.6) is 0 Å². The van der Waals surface area contributed by atoms with Crippen molar-refractivity contribution in [3.8, 4) is 0 Å². The van der Waals surface area contributed by atoms with Crippen LogP contribution in [0.3, 0.4) is 0 Å². The van der Waals surface area contributed by atoms with Crippen molar-refractivity contribution < 1.29 is 13.2 Å². The van der Waals surface area contributed by atoms with Crippen LogP contribution in [0.4, 0.5) is 0 Å². The number of aryl methyl sites for hydroxylation is 1. The molecule has 3 rings (SSSR count). The van der Waals surface area contributed by atoms with Crippen molar-refractivity contribution in [3.05, 3.63) is 50.6 Å².